The van der Waals surface area contributed by atoms with Gasteiger partial charge in [0.2, 0.25) is 18.2 Å². The number of terminal acetylenes is 2. The fourth-order valence-corrected chi connectivity index (χ4v) is 7.03. The van der Waals surface area contributed by atoms with E-state index in [0.717, 1.165) is 81.6 Å². The van der Waals surface area contributed by atoms with Crippen LogP contribution < -0.4 is 15.4 Å². The van der Waals surface area contributed by atoms with Crippen molar-refractivity contribution in [2.45, 2.75) is 98.9 Å². The summed E-state index contributed by atoms with van der Waals surface area (Å²) >= 11 is 0. The number of carbonyl (C=O) groups is 4. The zero-order chi connectivity index (χ0) is 49.7. The van der Waals surface area contributed by atoms with Gasteiger partial charge >= 0.3 is 6.09 Å². The highest BCUT2D eigenvalue weighted by atomic mass is 16.5. The molecule has 0 bridgehead atoms. The molecule has 4 amide bonds. The predicted octanol–water partition coefficient (Wildman–Crippen LogP) is 8.00. The van der Waals surface area contributed by atoms with Crippen molar-refractivity contribution in [3.05, 3.63) is 65.9 Å². The molecule has 4 heterocycles. The molecule has 16 nitrogen and oxygen atoms in total. The maximum atomic E-state index is 13.0. The third-order valence-electron chi connectivity index (χ3n) is 10.3. The lowest BCUT2D eigenvalue weighted by molar-refractivity contribution is -0.133. The molecular weight excluding hydrogens is 853 g/mol. The predicted molar refractivity (Wildman–Crippen MR) is 265 cm³/mol. The highest BCUT2D eigenvalue weighted by Gasteiger charge is 2.24. The van der Waals surface area contributed by atoms with Crippen molar-refractivity contribution in [1.29, 1.82) is 0 Å². The molecule has 4 N–H and O–H groups in total. The SMILES string of the molecule is C#C.C#C.C1CCOCC1.CCC.CCCN(Cc1ncc(-c2ccc3c(c2)COc2cc4c(ccc5[nH]c(CN(C(=O)CNC(=O)OC)[C@@H](C)CC)nc54)cc2-3)[nH]1)C(=O)CNC=O.COC. The first kappa shape index (κ1) is 56.2. The number of hydrogen-bond donors (Lipinski definition) is 4. The molecule has 0 saturated carbocycles. The number of hydrogen-bond acceptors (Lipinski definition) is 10. The third-order valence-corrected chi connectivity index (χ3v) is 10.3. The molecule has 1 fully saturated rings. The molecule has 2 aliphatic heterocycles. The lowest BCUT2D eigenvalue weighted by Gasteiger charge is -2.27. The summed E-state index contributed by atoms with van der Waals surface area (Å²) in [7, 11) is 4.51. The van der Waals surface area contributed by atoms with Crippen LogP contribution in [0.15, 0.2) is 48.7 Å². The van der Waals surface area contributed by atoms with E-state index in [1.807, 2.05) is 45.0 Å². The molecule has 362 valence electrons. The second kappa shape index (κ2) is 31.1. The van der Waals surface area contributed by atoms with Gasteiger partial charge in [-0.3, -0.25) is 14.4 Å². The molecule has 3 aromatic carbocycles. The quantitative estimate of drug-likeness (QED) is 0.0627. The molecule has 1 atom stereocenters. The van der Waals surface area contributed by atoms with Crippen LogP contribution in [0.4, 0.5) is 4.79 Å². The molecule has 2 aliphatic rings. The van der Waals surface area contributed by atoms with E-state index in [9.17, 15) is 19.2 Å². The van der Waals surface area contributed by atoms with Crippen LogP contribution in [0.3, 0.4) is 0 Å². The van der Waals surface area contributed by atoms with Crippen molar-refractivity contribution < 1.29 is 38.1 Å². The Morgan fingerprint density at radius 3 is 2.18 bits per heavy atom. The summed E-state index contributed by atoms with van der Waals surface area (Å²) in [5.41, 5.74) is 6.52. The number of amides is 4. The number of imidazole rings is 2. The Kier molecular flexibility index (Phi) is 26.1. The smallest absolute Gasteiger partial charge is 0.407 e. The highest BCUT2D eigenvalue weighted by molar-refractivity contribution is 6.07. The van der Waals surface area contributed by atoms with Gasteiger partial charge in [-0.05, 0) is 85.4 Å². The fourth-order valence-electron chi connectivity index (χ4n) is 7.03. The van der Waals surface area contributed by atoms with Gasteiger partial charge in [0.25, 0.3) is 0 Å². The van der Waals surface area contributed by atoms with Crippen molar-refractivity contribution in [3.8, 4) is 53.8 Å². The fraction of sp³-hybridized carbons (Fsp3) is 0.451. The van der Waals surface area contributed by atoms with E-state index in [0.29, 0.717) is 37.8 Å². The first-order valence-corrected chi connectivity index (χ1v) is 22.5. The number of aromatic amines is 2. The number of rotatable bonds is 14. The minimum Gasteiger partial charge on any atom is -0.488 e. The topological polar surface area (TPSA) is 193 Å². The van der Waals surface area contributed by atoms with Crippen molar-refractivity contribution in [2.24, 2.45) is 0 Å². The summed E-state index contributed by atoms with van der Waals surface area (Å²) in [6, 6.07) is 14.4. The summed E-state index contributed by atoms with van der Waals surface area (Å²) in [5.74, 6) is 1.67. The van der Waals surface area contributed by atoms with Crippen LogP contribution in [-0.2, 0) is 48.3 Å². The van der Waals surface area contributed by atoms with Crippen LogP contribution in [-0.4, -0.2) is 114 Å². The summed E-state index contributed by atoms with van der Waals surface area (Å²) < 4.78 is 20.2. The molecule has 1 saturated heterocycles. The van der Waals surface area contributed by atoms with E-state index >= 15 is 0 Å². The highest BCUT2D eigenvalue weighted by Crippen LogP contribution is 2.42. The van der Waals surface area contributed by atoms with Gasteiger partial charge < -0.3 is 49.3 Å². The van der Waals surface area contributed by atoms with E-state index in [1.54, 1.807) is 30.2 Å². The van der Waals surface area contributed by atoms with Crippen molar-refractivity contribution >= 4 is 46.1 Å². The minimum absolute atomic E-state index is 0.0511. The second-order valence-electron chi connectivity index (χ2n) is 15.3. The van der Waals surface area contributed by atoms with E-state index < -0.39 is 6.09 Å². The van der Waals surface area contributed by atoms with E-state index in [1.165, 1.54) is 32.8 Å². The number of nitrogens with zero attached hydrogens (tertiary/aromatic N) is 4. The van der Waals surface area contributed by atoms with Gasteiger partial charge in [0.05, 0.1) is 49.7 Å². The molecule has 7 rings (SSSR count). The minimum atomic E-state index is -0.657. The second-order valence-corrected chi connectivity index (χ2v) is 15.3. The molecule has 67 heavy (non-hydrogen) atoms. The van der Waals surface area contributed by atoms with E-state index in [2.05, 4.69) is 92.8 Å². The van der Waals surface area contributed by atoms with E-state index in [-0.39, 0.29) is 37.5 Å². The number of ether oxygens (including phenoxy) is 4. The number of methoxy groups -OCH3 is 2. The van der Waals surface area contributed by atoms with Crippen LogP contribution in [0, 0.1) is 25.7 Å². The molecule has 0 spiro atoms. The van der Waals surface area contributed by atoms with E-state index in [4.69, 9.17) is 14.5 Å². The first-order chi connectivity index (χ1) is 32.5. The number of fused-ring (bicyclic) bond motifs is 6. The Morgan fingerprint density at radius 2 is 1.58 bits per heavy atom. The average Bonchev–Trinajstić information content (AvgIpc) is 4.02. The van der Waals surface area contributed by atoms with Gasteiger partial charge in [0.1, 0.15) is 30.5 Å². The van der Waals surface area contributed by atoms with Crippen LogP contribution >= 0.6 is 0 Å². The Morgan fingerprint density at radius 1 is 0.881 bits per heavy atom. The molecule has 0 radical (unpaired) electrons. The van der Waals surface area contributed by atoms with Gasteiger partial charge in [0, 0.05) is 51.0 Å². The van der Waals surface area contributed by atoms with Crippen molar-refractivity contribution in [1.82, 2.24) is 40.4 Å². The average molecular weight is 923 g/mol. The number of aromatic nitrogens is 4. The summed E-state index contributed by atoms with van der Waals surface area (Å²) in [6.07, 6.45) is 24.3. The van der Waals surface area contributed by atoms with Crippen LogP contribution in [0.1, 0.15) is 90.4 Å². The molecule has 0 unspecified atom stereocenters. The number of H-pyrrole nitrogens is 2. The van der Waals surface area contributed by atoms with Gasteiger partial charge in [-0.25, -0.2) is 14.8 Å². The molecule has 16 heteroatoms. The van der Waals surface area contributed by atoms with Gasteiger partial charge in [-0.1, -0.05) is 52.3 Å². The van der Waals surface area contributed by atoms with Gasteiger partial charge in [-0.2, -0.15) is 0 Å². The molecule has 5 aromatic rings. The largest absolute Gasteiger partial charge is 0.488 e. The normalized spacial score (nSPS) is 12.2. The van der Waals surface area contributed by atoms with Gasteiger partial charge in [0.15, 0.2) is 0 Å². The lowest BCUT2D eigenvalue weighted by atomic mass is 9.92. The Labute approximate surface area is 396 Å². The standard InChI is InChI=1S/C37H42N8O6.C5H10O.C3H8.C2H6O.2C2H2/c1-5-11-44(34(47)16-38-21-46)18-32-39-15-30(42-32)24-7-9-26-25(12-24)20-51-31-14-27-23(13-28(26)31)8-10-29-36(27)43-33(41-29)19-45(22(3)6-2)35(48)17-40-37(49)50-4;1-2-4-6-5-3-1;2*1-3-2;2*1-2/h7-10,12-15,21-22H,5-6,11,16-20H2,1-4H3,(H,38,46)(H,39,42)(H,40,49)(H,41,43);1-5H2;3H2,1-2H3;1-2H3;2*1-2H/t22-;;;;;/m0...../s1. The Hall–Kier alpha value is -6.88. The maximum Gasteiger partial charge on any atom is 0.407 e. The Bertz CT molecular complexity index is 2310. The van der Waals surface area contributed by atoms with Gasteiger partial charge in [-0.15, -0.1) is 25.7 Å². The van der Waals surface area contributed by atoms with Crippen LogP contribution in [0.5, 0.6) is 5.75 Å². The molecule has 0 aliphatic carbocycles. The number of alkyl carbamates (subject to hydrolysis) is 1. The molecule has 2 aromatic heterocycles. The first-order valence-electron chi connectivity index (χ1n) is 22.5. The molecular formula is C51H70N8O8. The number of nitrogens with one attached hydrogen (secondary N) is 4. The van der Waals surface area contributed by atoms with Crippen molar-refractivity contribution in [2.75, 3.05) is 54.2 Å². The monoisotopic (exact) mass is 923 g/mol. The zero-order valence-corrected chi connectivity index (χ0v) is 40.5. The van der Waals surface area contributed by atoms with Crippen LogP contribution in [0.25, 0.3) is 44.2 Å². The third kappa shape index (κ3) is 16.8. The van der Waals surface area contributed by atoms with Crippen molar-refractivity contribution in [3.63, 3.8) is 0 Å². The summed E-state index contributed by atoms with van der Waals surface area (Å²) in [4.78, 5) is 67.3. The van der Waals surface area contributed by atoms with Crippen LogP contribution in [0.2, 0.25) is 0 Å². The lowest BCUT2D eigenvalue weighted by Crippen LogP contribution is -2.44. The number of carbonyl (C=O) groups excluding carboxylic acids is 4. The summed E-state index contributed by atoms with van der Waals surface area (Å²) in [6.45, 7) is 13.5. The summed E-state index contributed by atoms with van der Waals surface area (Å²) in [5, 5.41) is 6.85. The number of benzene rings is 3. The zero-order valence-electron chi connectivity index (χ0n) is 40.5. The Balaban J connectivity index is 0.000000837. The maximum absolute atomic E-state index is 13.0.